The molecule has 0 aromatic carbocycles. The number of rotatable bonds is 2. The maximum Gasteiger partial charge on any atom is 0.315 e. The van der Waals surface area contributed by atoms with E-state index in [-0.39, 0.29) is 6.04 Å². The maximum atomic E-state index is 11.7. The van der Waals surface area contributed by atoms with E-state index in [1.807, 2.05) is 20.2 Å². The Labute approximate surface area is 101 Å². The zero-order valence-corrected chi connectivity index (χ0v) is 10.3. The van der Waals surface area contributed by atoms with E-state index in [0.29, 0.717) is 18.5 Å². The molecule has 1 fully saturated rings. The number of aliphatic carboxylic acids is 1. The first-order valence-corrected chi connectivity index (χ1v) is 5.95. The molecule has 1 aromatic rings. The van der Waals surface area contributed by atoms with E-state index in [0.717, 1.165) is 18.4 Å². The highest BCUT2D eigenvalue weighted by molar-refractivity contribution is 5.81. The van der Waals surface area contributed by atoms with E-state index in [1.54, 1.807) is 4.68 Å². The van der Waals surface area contributed by atoms with E-state index in [1.165, 1.54) is 0 Å². The third-order valence-electron chi connectivity index (χ3n) is 3.76. The van der Waals surface area contributed by atoms with Crippen molar-refractivity contribution in [3.63, 3.8) is 0 Å². The van der Waals surface area contributed by atoms with Crippen LogP contribution in [0.1, 0.15) is 36.9 Å². The monoisotopic (exact) mass is 237 g/mol. The summed E-state index contributed by atoms with van der Waals surface area (Å²) < 4.78 is 1.68. The van der Waals surface area contributed by atoms with Gasteiger partial charge in [-0.05, 0) is 38.2 Å². The second kappa shape index (κ2) is 4.14. The first-order valence-electron chi connectivity index (χ1n) is 5.95. The molecule has 1 saturated carbocycles. The van der Waals surface area contributed by atoms with E-state index < -0.39 is 11.4 Å². The Balaban J connectivity index is 2.42. The number of carbonyl (C=O) groups is 1. The van der Waals surface area contributed by atoms with E-state index >= 15 is 0 Å². The molecule has 0 saturated heterocycles. The summed E-state index contributed by atoms with van der Waals surface area (Å²) in [6.07, 6.45) is 4.54. The summed E-state index contributed by atoms with van der Waals surface area (Å²) in [5, 5.41) is 13.9. The summed E-state index contributed by atoms with van der Waals surface area (Å²) in [5.41, 5.74) is 6.68. The molecule has 1 aliphatic carbocycles. The minimum atomic E-state index is -0.832. The van der Waals surface area contributed by atoms with Gasteiger partial charge in [-0.2, -0.15) is 5.10 Å². The Morgan fingerprint density at radius 1 is 1.59 bits per heavy atom. The minimum absolute atomic E-state index is 0.131. The summed E-state index contributed by atoms with van der Waals surface area (Å²) in [6, 6.07) is 0.131. The van der Waals surface area contributed by atoms with Gasteiger partial charge in [-0.1, -0.05) is 0 Å². The topological polar surface area (TPSA) is 81.1 Å². The highest BCUT2D eigenvalue weighted by Gasteiger charge is 2.45. The van der Waals surface area contributed by atoms with Crippen molar-refractivity contribution in [1.82, 2.24) is 9.78 Å². The number of carboxylic acid groups (broad SMARTS) is 1. The normalized spacial score (nSPS) is 29.2. The van der Waals surface area contributed by atoms with Gasteiger partial charge in [0.15, 0.2) is 0 Å². The van der Waals surface area contributed by atoms with Crippen molar-refractivity contribution >= 4 is 5.97 Å². The number of hydrogen-bond donors (Lipinski definition) is 2. The Morgan fingerprint density at radius 2 is 2.18 bits per heavy atom. The average molecular weight is 237 g/mol. The molecule has 1 aromatic heterocycles. The number of aromatic nitrogens is 2. The van der Waals surface area contributed by atoms with Crippen molar-refractivity contribution in [3.05, 3.63) is 17.5 Å². The molecule has 94 valence electrons. The summed E-state index contributed by atoms with van der Waals surface area (Å²) in [5.74, 6) is -0.772. The van der Waals surface area contributed by atoms with Crippen LogP contribution in [0, 0.1) is 6.92 Å². The molecule has 0 amide bonds. The first-order chi connectivity index (χ1) is 7.95. The van der Waals surface area contributed by atoms with Crippen molar-refractivity contribution in [2.75, 3.05) is 0 Å². The molecule has 0 atom stereocenters. The minimum Gasteiger partial charge on any atom is -0.481 e. The van der Waals surface area contributed by atoms with Crippen LogP contribution in [0.4, 0.5) is 0 Å². The van der Waals surface area contributed by atoms with Crippen LogP contribution in [0.2, 0.25) is 0 Å². The zero-order valence-electron chi connectivity index (χ0n) is 10.3. The second-order valence-corrected chi connectivity index (χ2v) is 5.06. The van der Waals surface area contributed by atoms with Gasteiger partial charge in [0.25, 0.3) is 0 Å². The van der Waals surface area contributed by atoms with Crippen LogP contribution in [0.15, 0.2) is 6.20 Å². The van der Waals surface area contributed by atoms with Crippen LogP contribution in [0.3, 0.4) is 0 Å². The fraction of sp³-hybridized carbons (Fsp3) is 0.667. The first kappa shape index (κ1) is 12.1. The predicted octanol–water partition coefficient (Wildman–Crippen LogP) is 0.952. The van der Waals surface area contributed by atoms with E-state index in [2.05, 4.69) is 5.10 Å². The van der Waals surface area contributed by atoms with Crippen molar-refractivity contribution in [1.29, 1.82) is 0 Å². The molecule has 5 heteroatoms. The molecule has 0 radical (unpaired) electrons. The quantitative estimate of drug-likeness (QED) is 0.802. The lowest BCUT2D eigenvalue weighted by molar-refractivity contribution is -0.145. The third kappa shape index (κ3) is 1.95. The number of aryl methyl sites for hydroxylation is 2. The van der Waals surface area contributed by atoms with Crippen LogP contribution in [0.5, 0.6) is 0 Å². The van der Waals surface area contributed by atoms with Gasteiger partial charge in [-0.3, -0.25) is 9.48 Å². The lowest BCUT2D eigenvalue weighted by atomic mass is 9.69. The molecule has 1 aliphatic rings. The lowest BCUT2D eigenvalue weighted by Gasteiger charge is -2.34. The molecule has 0 spiro atoms. The SMILES string of the molecule is Cc1cn(C)nc1C1(C(=O)O)CCC(N)CC1. The smallest absolute Gasteiger partial charge is 0.315 e. The van der Waals surface area contributed by atoms with E-state index in [4.69, 9.17) is 5.73 Å². The largest absolute Gasteiger partial charge is 0.481 e. The van der Waals surface area contributed by atoms with Crippen molar-refractivity contribution < 1.29 is 9.90 Å². The fourth-order valence-electron chi connectivity index (χ4n) is 2.76. The van der Waals surface area contributed by atoms with Gasteiger partial charge < -0.3 is 10.8 Å². The van der Waals surface area contributed by atoms with Gasteiger partial charge in [0.2, 0.25) is 0 Å². The molecule has 3 N–H and O–H groups in total. The molecule has 2 rings (SSSR count). The number of carboxylic acids is 1. The molecule has 0 aliphatic heterocycles. The fourth-order valence-corrected chi connectivity index (χ4v) is 2.76. The van der Waals surface area contributed by atoms with Crippen molar-refractivity contribution in [2.45, 2.75) is 44.1 Å². The summed E-state index contributed by atoms with van der Waals surface area (Å²) in [4.78, 5) is 11.7. The molecular formula is C12H19N3O2. The molecular weight excluding hydrogens is 218 g/mol. The highest BCUT2D eigenvalue weighted by atomic mass is 16.4. The molecule has 0 unspecified atom stereocenters. The zero-order chi connectivity index (χ0) is 12.6. The predicted molar refractivity (Wildman–Crippen MR) is 63.7 cm³/mol. The van der Waals surface area contributed by atoms with E-state index in [9.17, 15) is 9.90 Å². The molecule has 0 bridgehead atoms. The van der Waals surface area contributed by atoms with Gasteiger partial charge in [0.1, 0.15) is 5.41 Å². The molecule has 5 nitrogen and oxygen atoms in total. The lowest BCUT2D eigenvalue weighted by Crippen LogP contribution is -2.43. The third-order valence-corrected chi connectivity index (χ3v) is 3.76. The number of nitrogens with zero attached hydrogens (tertiary/aromatic N) is 2. The van der Waals surface area contributed by atoms with Crippen LogP contribution in [0.25, 0.3) is 0 Å². The maximum absolute atomic E-state index is 11.7. The Bertz CT molecular complexity index is 431. The summed E-state index contributed by atoms with van der Waals surface area (Å²) in [7, 11) is 1.82. The van der Waals surface area contributed by atoms with Gasteiger partial charge in [0, 0.05) is 19.3 Å². The van der Waals surface area contributed by atoms with Gasteiger partial charge >= 0.3 is 5.97 Å². The Morgan fingerprint density at radius 3 is 2.59 bits per heavy atom. The Hall–Kier alpha value is -1.36. The number of hydrogen-bond acceptors (Lipinski definition) is 3. The Kier molecular flexibility index (Phi) is 2.95. The van der Waals surface area contributed by atoms with Crippen molar-refractivity contribution in [2.24, 2.45) is 12.8 Å². The standard InChI is InChI=1S/C12H19N3O2/c1-8-7-15(2)14-10(8)12(11(16)17)5-3-9(13)4-6-12/h7,9H,3-6,13H2,1-2H3,(H,16,17). The number of nitrogens with two attached hydrogens (primary N) is 1. The van der Waals surface area contributed by atoms with Crippen LogP contribution in [-0.2, 0) is 17.3 Å². The molecule has 17 heavy (non-hydrogen) atoms. The summed E-state index contributed by atoms with van der Waals surface area (Å²) in [6.45, 7) is 1.92. The van der Waals surface area contributed by atoms with Crippen molar-refractivity contribution in [3.8, 4) is 0 Å². The van der Waals surface area contributed by atoms with Gasteiger partial charge in [-0.25, -0.2) is 0 Å². The van der Waals surface area contributed by atoms with Crippen LogP contribution >= 0.6 is 0 Å². The van der Waals surface area contributed by atoms with Gasteiger partial charge in [-0.15, -0.1) is 0 Å². The average Bonchev–Trinajstić information content (AvgIpc) is 2.59. The second-order valence-electron chi connectivity index (χ2n) is 5.06. The van der Waals surface area contributed by atoms with Gasteiger partial charge in [0.05, 0.1) is 5.69 Å². The van der Waals surface area contributed by atoms with Crippen LogP contribution < -0.4 is 5.73 Å². The van der Waals surface area contributed by atoms with Crippen LogP contribution in [-0.4, -0.2) is 26.9 Å². The highest BCUT2D eigenvalue weighted by Crippen LogP contribution is 2.39. The molecule has 1 heterocycles. The summed E-state index contributed by atoms with van der Waals surface area (Å²) >= 11 is 0.